The van der Waals surface area contributed by atoms with Crippen LogP contribution in [0.2, 0.25) is 0 Å². The van der Waals surface area contributed by atoms with E-state index >= 15 is 0 Å². The zero-order valence-electron chi connectivity index (χ0n) is 20.5. The molecule has 1 aromatic carbocycles. The molecule has 0 atom stereocenters. The first-order valence-electron chi connectivity index (χ1n) is 13.6. The Hall–Kier alpha value is -0.0800. The molecule has 1 saturated carbocycles. The highest BCUT2D eigenvalue weighted by Crippen LogP contribution is 2.46. The van der Waals surface area contributed by atoms with E-state index in [2.05, 4.69) is 61.6 Å². The van der Waals surface area contributed by atoms with Crippen molar-refractivity contribution in [3.8, 4) is 0 Å². The Labute approximate surface area is 202 Å². The number of hydrogen-bond donors (Lipinski definition) is 0. The zero-order valence-corrected chi connectivity index (χ0v) is 22.1. The molecule has 0 N–H and O–H groups in total. The Bertz CT molecular complexity index is 565. The van der Waals surface area contributed by atoms with Crippen molar-refractivity contribution in [3.05, 3.63) is 35.4 Å². The third-order valence-corrected chi connectivity index (χ3v) is 11.0. The lowest BCUT2D eigenvalue weighted by Gasteiger charge is -2.29. The van der Waals surface area contributed by atoms with Crippen molar-refractivity contribution < 1.29 is 0 Å². The number of thioether (sulfide) groups is 2. The van der Waals surface area contributed by atoms with Crippen LogP contribution in [-0.2, 0) is 6.42 Å². The molecule has 1 aromatic rings. The van der Waals surface area contributed by atoms with Crippen molar-refractivity contribution in [3.63, 3.8) is 0 Å². The van der Waals surface area contributed by atoms with Crippen LogP contribution in [0.4, 0.5) is 0 Å². The van der Waals surface area contributed by atoms with Gasteiger partial charge in [0.25, 0.3) is 0 Å². The molecule has 1 aliphatic heterocycles. The number of benzene rings is 1. The minimum atomic E-state index is 0.671. The summed E-state index contributed by atoms with van der Waals surface area (Å²) in [6.45, 7) is 4.63. The van der Waals surface area contributed by atoms with Gasteiger partial charge in [0.05, 0.1) is 4.58 Å². The number of hydrogen-bond acceptors (Lipinski definition) is 2. The fourth-order valence-electron chi connectivity index (χ4n) is 5.45. The predicted molar refractivity (Wildman–Crippen MR) is 144 cm³/mol. The van der Waals surface area contributed by atoms with E-state index in [0.29, 0.717) is 4.58 Å². The van der Waals surface area contributed by atoms with Gasteiger partial charge in [0.1, 0.15) is 0 Å². The van der Waals surface area contributed by atoms with E-state index in [-0.39, 0.29) is 0 Å². The highest BCUT2D eigenvalue weighted by atomic mass is 32.2. The maximum absolute atomic E-state index is 2.43. The van der Waals surface area contributed by atoms with E-state index in [9.17, 15) is 0 Å². The van der Waals surface area contributed by atoms with Crippen molar-refractivity contribution in [2.45, 2.75) is 115 Å². The second-order valence-corrected chi connectivity index (χ2v) is 13.0. The number of rotatable bonds is 13. The molecule has 31 heavy (non-hydrogen) atoms. The second kappa shape index (κ2) is 14.9. The quantitative estimate of drug-likeness (QED) is 0.268. The van der Waals surface area contributed by atoms with Gasteiger partial charge < -0.3 is 0 Å². The molecule has 1 saturated heterocycles. The Kier molecular flexibility index (Phi) is 12.3. The van der Waals surface area contributed by atoms with Crippen molar-refractivity contribution >= 4 is 23.5 Å². The summed E-state index contributed by atoms with van der Waals surface area (Å²) in [7, 11) is 0. The van der Waals surface area contributed by atoms with Gasteiger partial charge in [-0.25, -0.2) is 0 Å². The van der Waals surface area contributed by atoms with Crippen LogP contribution in [0.15, 0.2) is 24.3 Å². The largest absolute Gasteiger partial charge is 0.142 e. The molecule has 0 unspecified atom stereocenters. The molecule has 0 bridgehead atoms. The fourth-order valence-corrected chi connectivity index (χ4v) is 8.62. The average molecular weight is 461 g/mol. The molecule has 0 spiro atoms. The Balaban J connectivity index is 1.30. The molecule has 0 amide bonds. The summed E-state index contributed by atoms with van der Waals surface area (Å²) in [5.41, 5.74) is 3.11. The summed E-state index contributed by atoms with van der Waals surface area (Å²) < 4.78 is 0.671. The predicted octanol–water partition coefficient (Wildman–Crippen LogP) is 10.1. The Morgan fingerprint density at radius 1 is 0.645 bits per heavy atom. The van der Waals surface area contributed by atoms with E-state index in [1.54, 1.807) is 11.1 Å². The van der Waals surface area contributed by atoms with E-state index in [0.717, 1.165) is 17.8 Å². The summed E-state index contributed by atoms with van der Waals surface area (Å²) in [5, 5.41) is 0. The van der Waals surface area contributed by atoms with Gasteiger partial charge in [0.2, 0.25) is 0 Å². The maximum Gasteiger partial charge on any atom is 0.0751 e. The van der Waals surface area contributed by atoms with Crippen LogP contribution in [0.25, 0.3) is 0 Å². The van der Waals surface area contributed by atoms with Crippen molar-refractivity contribution in [2.75, 3.05) is 11.5 Å². The van der Waals surface area contributed by atoms with Gasteiger partial charge in [-0.2, -0.15) is 0 Å². The lowest BCUT2D eigenvalue weighted by atomic mass is 9.77. The summed E-state index contributed by atoms with van der Waals surface area (Å²) in [4.78, 5) is 0. The molecule has 3 rings (SSSR count). The molecule has 2 heteroatoms. The average Bonchev–Trinajstić information content (AvgIpc) is 2.83. The van der Waals surface area contributed by atoms with Gasteiger partial charge in [0.15, 0.2) is 0 Å². The first kappa shape index (κ1) is 25.5. The minimum Gasteiger partial charge on any atom is -0.142 e. The zero-order chi connectivity index (χ0) is 21.7. The summed E-state index contributed by atoms with van der Waals surface area (Å²) >= 11 is 4.38. The molecule has 176 valence electrons. The molecule has 1 heterocycles. The monoisotopic (exact) mass is 460 g/mol. The lowest BCUT2D eigenvalue weighted by molar-refractivity contribution is 0.248. The van der Waals surface area contributed by atoms with Crippen LogP contribution in [0.5, 0.6) is 0 Å². The smallest absolute Gasteiger partial charge is 0.0751 e. The van der Waals surface area contributed by atoms with Gasteiger partial charge in [-0.15, -0.1) is 23.5 Å². The van der Waals surface area contributed by atoms with E-state index < -0.39 is 0 Å². The van der Waals surface area contributed by atoms with Crippen LogP contribution in [-0.4, -0.2) is 11.5 Å². The molecular weight excluding hydrogens is 412 g/mol. The Morgan fingerprint density at radius 2 is 1.23 bits per heavy atom. The molecular formula is C29H48S2. The number of aryl methyl sites for hydroxylation is 1. The van der Waals surface area contributed by atoms with E-state index in [4.69, 9.17) is 0 Å². The van der Waals surface area contributed by atoms with Crippen molar-refractivity contribution in [1.29, 1.82) is 0 Å². The third kappa shape index (κ3) is 9.36. The molecule has 0 nitrogen and oxygen atoms in total. The maximum atomic E-state index is 2.43. The number of unbranched alkanes of at least 4 members (excludes halogenated alkanes) is 5. The van der Waals surface area contributed by atoms with Crippen molar-refractivity contribution in [1.82, 2.24) is 0 Å². The van der Waals surface area contributed by atoms with Gasteiger partial charge in [-0.05, 0) is 59.6 Å². The van der Waals surface area contributed by atoms with Crippen LogP contribution >= 0.6 is 23.5 Å². The van der Waals surface area contributed by atoms with Crippen LogP contribution in [0.1, 0.15) is 119 Å². The first-order chi connectivity index (χ1) is 15.3. The van der Waals surface area contributed by atoms with Crippen LogP contribution in [0, 0.1) is 17.8 Å². The van der Waals surface area contributed by atoms with E-state index in [1.165, 1.54) is 108 Å². The lowest BCUT2D eigenvalue weighted by Crippen LogP contribution is -2.15. The summed E-state index contributed by atoms with van der Waals surface area (Å²) in [5.74, 6) is 5.70. The molecule has 1 aliphatic carbocycles. The van der Waals surface area contributed by atoms with Gasteiger partial charge in [-0.3, -0.25) is 0 Å². The second-order valence-electron chi connectivity index (χ2n) is 10.4. The van der Waals surface area contributed by atoms with Crippen LogP contribution in [0.3, 0.4) is 0 Å². The van der Waals surface area contributed by atoms with Crippen LogP contribution < -0.4 is 0 Å². The normalized spacial score (nSPS) is 26.8. The van der Waals surface area contributed by atoms with Gasteiger partial charge in [0, 0.05) is 0 Å². The minimum absolute atomic E-state index is 0.671. The first-order valence-corrected chi connectivity index (χ1v) is 15.7. The van der Waals surface area contributed by atoms with E-state index in [1.807, 2.05) is 0 Å². The highest BCUT2D eigenvalue weighted by Gasteiger charge is 2.23. The standard InChI is InChI=1S/C29H48S2/c1-3-5-7-8-9-11-24-12-14-25(15-13-24)16-17-26-18-20-28(21-19-26)29-30-22-27(23-31-29)10-6-4-2/h18-21,24-25,27,29H,3-17,22-23H2,1-2H3. The summed E-state index contributed by atoms with van der Waals surface area (Å²) in [6, 6.07) is 9.73. The van der Waals surface area contributed by atoms with Gasteiger partial charge in [-0.1, -0.05) is 115 Å². The molecule has 2 aliphatic rings. The SMILES string of the molecule is CCCCCCCC1CCC(CCc2ccc(C3SCC(CCCC)CS3)cc2)CC1. The van der Waals surface area contributed by atoms with Gasteiger partial charge >= 0.3 is 0 Å². The van der Waals surface area contributed by atoms with Crippen molar-refractivity contribution in [2.24, 2.45) is 17.8 Å². The highest BCUT2D eigenvalue weighted by molar-refractivity contribution is 8.16. The fraction of sp³-hybridized carbons (Fsp3) is 0.793. The third-order valence-electron chi connectivity index (χ3n) is 7.71. The Morgan fingerprint density at radius 3 is 1.87 bits per heavy atom. The summed E-state index contributed by atoms with van der Waals surface area (Å²) in [6.07, 6.45) is 21.6. The topological polar surface area (TPSA) is 0 Å². The molecule has 0 aromatic heterocycles. The molecule has 0 radical (unpaired) electrons. The molecule has 2 fully saturated rings.